The van der Waals surface area contributed by atoms with Crippen molar-refractivity contribution in [3.8, 4) is 0 Å². The van der Waals surface area contributed by atoms with Gasteiger partial charge in [-0.25, -0.2) is 0 Å². The van der Waals surface area contributed by atoms with E-state index in [1.165, 1.54) is 18.4 Å². The van der Waals surface area contributed by atoms with E-state index in [9.17, 15) is 5.11 Å². The van der Waals surface area contributed by atoms with Gasteiger partial charge in [-0.3, -0.25) is 0 Å². The minimum absolute atomic E-state index is 0.182. The van der Waals surface area contributed by atoms with Crippen molar-refractivity contribution in [2.45, 2.75) is 43.6 Å². The van der Waals surface area contributed by atoms with Crippen LogP contribution >= 0.6 is 0 Å². The fraction of sp³-hybridized carbons (Fsp3) is 0.600. The molecule has 1 nitrogen and oxygen atoms in total. The largest absolute Gasteiger partial charge is 0.389 e. The highest BCUT2D eigenvalue weighted by Crippen LogP contribution is 2.83. The fourth-order valence-corrected chi connectivity index (χ4v) is 4.61. The minimum Gasteiger partial charge on any atom is -0.389 e. The molecule has 5 rings (SSSR count). The van der Waals surface area contributed by atoms with Crippen molar-refractivity contribution in [1.82, 2.24) is 0 Å². The lowest BCUT2D eigenvalue weighted by molar-refractivity contribution is -0.344. The van der Waals surface area contributed by atoms with Crippen molar-refractivity contribution in [2.24, 2.45) is 11.3 Å². The lowest BCUT2D eigenvalue weighted by Crippen LogP contribution is -2.84. The molecule has 16 heavy (non-hydrogen) atoms. The van der Waals surface area contributed by atoms with E-state index < -0.39 is 0 Å². The monoisotopic (exact) mass is 214 g/mol. The van der Waals surface area contributed by atoms with E-state index in [-0.39, 0.29) is 11.0 Å². The molecule has 2 bridgehead atoms. The molecule has 4 fully saturated rings. The molecular weight excluding hydrogens is 196 g/mol. The SMILES string of the molecule is C[C@@]1(C2CC2)C2(O)CC1(c1ccccc1)C2. The van der Waals surface area contributed by atoms with Crippen molar-refractivity contribution in [1.29, 1.82) is 0 Å². The molecule has 0 unspecified atom stereocenters. The number of aliphatic hydroxyl groups is 1. The Morgan fingerprint density at radius 2 is 1.75 bits per heavy atom. The van der Waals surface area contributed by atoms with Crippen LogP contribution in [0.15, 0.2) is 30.3 Å². The molecule has 1 aromatic carbocycles. The van der Waals surface area contributed by atoms with Crippen LogP contribution in [-0.4, -0.2) is 10.7 Å². The van der Waals surface area contributed by atoms with Crippen molar-refractivity contribution in [3.05, 3.63) is 35.9 Å². The number of hydrogen-bond donors (Lipinski definition) is 1. The predicted octanol–water partition coefficient (Wildman–Crippen LogP) is 2.88. The van der Waals surface area contributed by atoms with Crippen LogP contribution in [-0.2, 0) is 5.41 Å². The van der Waals surface area contributed by atoms with Crippen LogP contribution in [0.5, 0.6) is 0 Å². The van der Waals surface area contributed by atoms with Crippen LogP contribution in [0.3, 0.4) is 0 Å². The molecule has 1 N–H and O–H groups in total. The molecular formula is C15H18O. The van der Waals surface area contributed by atoms with Gasteiger partial charge in [-0.05, 0) is 37.2 Å². The van der Waals surface area contributed by atoms with Crippen molar-refractivity contribution in [2.75, 3.05) is 0 Å². The lowest BCUT2D eigenvalue weighted by Gasteiger charge is -2.81. The first kappa shape index (κ1) is 9.23. The van der Waals surface area contributed by atoms with E-state index in [4.69, 9.17) is 0 Å². The first-order chi connectivity index (χ1) is 7.62. The normalized spacial score (nSPS) is 49.4. The first-order valence-corrected chi connectivity index (χ1v) is 6.40. The average molecular weight is 214 g/mol. The van der Waals surface area contributed by atoms with Crippen LogP contribution < -0.4 is 0 Å². The highest BCUT2D eigenvalue weighted by Gasteiger charge is 2.85. The fourth-order valence-electron chi connectivity index (χ4n) is 4.61. The summed E-state index contributed by atoms with van der Waals surface area (Å²) in [6, 6.07) is 10.8. The van der Waals surface area contributed by atoms with Gasteiger partial charge in [0, 0.05) is 10.8 Å². The summed E-state index contributed by atoms with van der Waals surface area (Å²) in [6.45, 7) is 2.32. The third-order valence-corrected chi connectivity index (χ3v) is 5.87. The molecule has 0 aromatic heterocycles. The van der Waals surface area contributed by atoms with E-state index in [1.54, 1.807) is 0 Å². The molecule has 4 aliphatic rings. The third kappa shape index (κ3) is 0.718. The van der Waals surface area contributed by atoms with Gasteiger partial charge in [0.15, 0.2) is 0 Å². The summed E-state index contributed by atoms with van der Waals surface area (Å²) in [4.78, 5) is 0. The van der Waals surface area contributed by atoms with E-state index in [0.717, 1.165) is 18.8 Å². The van der Waals surface area contributed by atoms with Gasteiger partial charge >= 0.3 is 0 Å². The average Bonchev–Trinajstić information content (AvgIpc) is 3.09. The highest BCUT2D eigenvalue weighted by molar-refractivity contribution is 5.48. The summed E-state index contributed by atoms with van der Waals surface area (Å²) in [5, 5.41) is 10.5. The Labute approximate surface area is 96.5 Å². The van der Waals surface area contributed by atoms with Crippen molar-refractivity contribution >= 4 is 0 Å². The second kappa shape index (κ2) is 2.38. The minimum atomic E-state index is -0.329. The number of hydrogen-bond acceptors (Lipinski definition) is 1. The predicted molar refractivity (Wildman–Crippen MR) is 63.1 cm³/mol. The molecule has 84 valence electrons. The van der Waals surface area contributed by atoms with Gasteiger partial charge in [-0.2, -0.15) is 0 Å². The Kier molecular flexibility index (Phi) is 1.37. The zero-order valence-electron chi connectivity index (χ0n) is 9.74. The maximum Gasteiger partial charge on any atom is 0.0729 e. The van der Waals surface area contributed by atoms with Gasteiger partial charge in [0.25, 0.3) is 0 Å². The molecule has 1 aromatic rings. The molecule has 1 atom stereocenters. The molecule has 0 saturated heterocycles. The summed E-state index contributed by atoms with van der Waals surface area (Å²) in [6.07, 6.45) is 4.65. The molecule has 4 aliphatic carbocycles. The van der Waals surface area contributed by atoms with E-state index in [2.05, 4.69) is 37.3 Å². The zero-order chi connectivity index (χ0) is 11.0. The van der Waals surface area contributed by atoms with Crippen molar-refractivity contribution < 1.29 is 5.11 Å². The molecule has 0 spiro atoms. The second-order valence-electron chi connectivity index (χ2n) is 6.31. The molecule has 1 heteroatoms. The maximum atomic E-state index is 10.5. The topological polar surface area (TPSA) is 20.2 Å². The van der Waals surface area contributed by atoms with Gasteiger partial charge in [0.1, 0.15) is 0 Å². The maximum absolute atomic E-state index is 10.5. The Bertz CT molecular complexity index is 440. The molecule has 0 radical (unpaired) electrons. The van der Waals surface area contributed by atoms with Crippen molar-refractivity contribution in [3.63, 3.8) is 0 Å². The second-order valence-corrected chi connectivity index (χ2v) is 6.31. The molecule has 4 saturated carbocycles. The number of benzene rings is 1. The van der Waals surface area contributed by atoms with E-state index in [1.807, 2.05) is 0 Å². The molecule has 0 amide bonds. The standard InChI is InChI=1S/C15H18O/c1-13(11-7-8-11)14(9-15(13,16)10-14)12-5-3-2-4-6-12/h2-6,11,16H,7-10H2,1H3/t13-,14?,15?/m0/s1. The summed E-state index contributed by atoms with van der Waals surface area (Å²) >= 11 is 0. The Morgan fingerprint density at radius 1 is 1.12 bits per heavy atom. The van der Waals surface area contributed by atoms with Gasteiger partial charge in [0.2, 0.25) is 0 Å². The van der Waals surface area contributed by atoms with E-state index >= 15 is 0 Å². The lowest BCUT2D eigenvalue weighted by atomic mass is 9.24. The summed E-state index contributed by atoms with van der Waals surface area (Å²) in [5.41, 5.74) is 1.62. The Balaban J connectivity index is 1.80. The summed E-state index contributed by atoms with van der Waals surface area (Å²) < 4.78 is 0. The summed E-state index contributed by atoms with van der Waals surface area (Å²) in [7, 11) is 0. The van der Waals surface area contributed by atoms with Crippen LogP contribution in [0.4, 0.5) is 0 Å². The quantitative estimate of drug-likeness (QED) is 0.802. The highest BCUT2D eigenvalue weighted by atomic mass is 16.3. The first-order valence-electron chi connectivity index (χ1n) is 6.40. The molecule has 0 heterocycles. The summed E-state index contributed by atoms with van der Waals surface area (Å²) in [5.74, 6) is 0.778. The van der Waals surface area contributed by atoms with E-state index in [0.29, 0.717) is 5.41 Å². The molecule has 0 aliphatic heterocycles. The van der Waals surface area contributed by atoms with Gasteiger partial charge in [-0.15, -0.1) is 0 Å². The Morgan fingerprint density at radius 3 is 2.25 bits per heavy atom. The van der Waals surface area contributed by atoms with Gasteiger partial charge in [-0.1, -0.05) is 37.3 Å². The van der Waals surface area contributed by atoms with Gasteiger partial charge < -0.3 is 5.11 Å². The third-order valence-electron chi connectivity index (χ3n) is 5.87. The smallest absolute Gasteiger partial charge is 0.0729 e. The van der Waals surface area contributed by atoms with Crippen LogP contribution in [0, 0.1) is 11.3 Å². The number of rotatable bonds is 2. The Hall–Kier alpha value is -0.820. The van der Waals surface area contributed by atoms with Gasteiger partial charge in [0.05, 0.1) is 5.60 Å². The van der Waals surface area contributed by atoms with Crippen LogP contribution in [0.25, 0.3) is 0 Å². The van der Waals surface area contributed by atoms with Crippen LogP contribution in [0.1, 0.15) is 38.2 Å². The van der Waals surface area contributed by atoms with Crippen LogP contribution in [0.2, 0.25) is 0 Å². The zero-order valence-corrected chi connectivity index (χ0v) is 9.74.